The van der Waals surface area contributed by atoms with Crippen molar-refractivity contribution in [1.82, 2.24) is 19.9 Å². The van der Waals surface area contributed by atoms with E-state index in [0.717, 1.165) is 29.2 Å². The highest BCUT2D eigenvalue weighted by atomic mass is 32.1. The lowest BCUT2D eigenvalue weighted by Gasteiger charge is -2.23. The average molecular weight is 422 g/mol. The number of benzene rings is 1. The quantitative estimate of drug-likeness (QED) is 0.678. The Kier molecular flexibility index (Phi) is 5.85. The van der Waals surface area contributed by atoms with Crippen LogP contribution in [0.15, 0.2) is 41.9 Å². The summed E-state index contributed by atoms with van der Waals surface area (Å²) in [5.41, 5.74) is 2.55. The molecule has 0 radical (unpaired) electrons. The lowest BCUT2D eigenvalue weighted by atomic mass is 10.1. The number of aromatic nitrogens is 3. The summed E-state index contributed by atoms with van der Waals surface area (Å²) in [5.74, 6) is 0.377. The number of hydrogen-bond acceptors (Lipinski definition) is 6. The number of rotatable bonds is 5. The smallest absolute Gasteiger partial charge is 0.259 e. The molecule has 3 heterocycles. The fourth-order valence-corrected chi connectivity index (χ4v) is 4.28. The predicted molar refractivity (Wildman–Crippen MR) is 115 cm³/mol. The third-order valence-corrected chi connectivity index (χ3v) is 5.97. The maximum absolute atomic E-state index is 12.8. The summed E-state index contributed by atoms with van der Waals surface area (Å²) in [6.45, 7) is 4.42. The summed E-state index contributed by atoms with van der Waals surface area (Å²) in [4.78, 5) is 40.7. The number of amides is 2. The van der Waals surface area contributed by atoms with Gasteiger partial charge in [-0.15, -0.1) is 11.3 Å². The van der Waals surface area contributed by atoms with Gasteiger partial charge >= 0.3 is 0 Å². The second kappa shape index (κ2) is 8.71. The summed E-state index contributed by atoms with van der Waals surface area (Å²) in [7, 11) is 0. The van der Waals surface area contributed by atoms with Gasteiger partial charge in [0, 0.05) is 23.8 Å². The highest BCUT2D eigenvalue weighted by Gasteiger charge is 2.32. The normalized spacial score (nSPS) is 15.9. The van der Waals surface area contributed by atoms with E-state index >= 15 is 0 Å². The van der Waals surface area contributed by atoms with Crippen molar-refractivity contribution in [2.24, 2.45) is 0 Å². The summed E-state index contributed by atoms with van der Waals surface area (Å²) in [6.07, 6.45) is 3.57. The zero-order chi connectivity index (χ0) is 21.1. The van der Waals surface area contributed by atoms with Crippen LogP contribution in [0.4, 0.5) is 5.69 Å². The maximum atomic E-state index is 12.8. The highest BCUT2D eigenvalue weighted by molar-refractivity contribution is 7.09. The molecule has 2 amide bonds. The number of carbonyl (C=O) groups is 2. The van der Waals surface area contributed by atoms with Crippen molar-refractivity contribution in [1.29, 1.82) is 0 Å². The van der Waals surface area contributed by atoms with Crippen molar-refractivity contribution in [3.63, 3.8) is 0 Å². The van der Waals surface area contributed by atoms with E-state index in [4.69, 9.17) is 0 Å². The van der Waals surface area contributed by atoms with Crippen molar-refractivity contribution in [3.05, 3.63) is 69.7 Å². The third kappa shape index (κ3) is 4.38. The highest BCUT2D eigenvalue weighted by Crippen LogP contribution is 2.31. The minimum Gasteiger partial charge on any atom is -0.332 e. The van der Waals surface area contributed by atoms with Gasteiger partial charge in [0.2, 0.25) is 5.91 Å². The molecule has 4 rings (SSSR count). The number of hydrogen-bond donors (Lipinski definition) is 1. The summed E-state index contributed by atoms with van der Waals surface area (Å²) in [6, 6.07) is 9.11. The van der Waals surface area contributed by atoms with Crippen LogP contribution in [0, 0.1) is 13.8 Å². The first kappa shape index (κ1) is 20.2. The van der Waals surface area contributed by atoms with Crippen LogP contribution in [0.5, 0.6) is 0 Å². The van der Waals surface area contributed by atoms with Crippen LogP contribution in [-0.2, 0) is 11.2 Å². The SMILES string of the molecule is Cc1nc(CC(=O)N2CCCC2c2ncc(C(=O)Nc3ccccc3)c(C)n2)cs1. The minimum atomic E-state index is -0.247. The van der Waals surface area contributed by atoms with E-state index in [2.05, 4.69) is 20.3 Å². The van der Waals surface area contributed by atoms with Crippen LogP contribution < -0.4 is 5.32 Å². The van der Waals surface area contributed by atoms with Gasteiger partial charge in [-0.25, -0.2) is 15.0 Å². The molecule has 1 fully saturated rings. The standard InChI is InChI=1S/C22H23N5O2S/c1-14-18(22(29)26-16-7-4-3-5-8-16)12-23-21(24-14)19-9-6-10-27(19)20(28)11-17-13-30-15(2)25-17/h3-5,7-8,12-13,19H,6,9-11H2,1-2H3,(H,26,29). The first-order valence-electron chi connectivity index (χ1n) is 9.91. The molecule has 1 atom stereocenters. The predicted octanol–water partition coefficient (Wildman–Crippen LogP) is 3.71. The molecular formula is C22H23N5O2S. The Morgan fingerprint density at radius 1 is 1.20 bits per heavy atom. The average Bonchev–Trinajstić information content (AvgIpc) is 3.37. The Morgan fingerprint density at radius 2 is 2.00 bits per heavy atom. The van der Waals surface area contributed by atoms with Gasteiger partial charge in [-0.05, 0) is 38.8 Å². The lowest BCUT2D eigenvalue weighted by Crippen LogP contribution is -2.33. The van der Waals surface area contributed by atoms with Gasteiger partial charge in [0.15, 0.2) is 5.82 Å². The lowest BCUT2D eigenvalue weighted by molar-refractivity contribution is -0.131. The van der Waals surface area contributed by atoms with Crippen molar-refractivity contribution in [3.8, 4) is 0 Å². The molecule has 2 aromatic heterocycles. The first-order chi connectivity index (χ1) is 14.5. The Balaban J connectivity index is 1.48. The molecule has 154 valence electrons. The van der Waals surface area contributed by atoms with Crippen molar-refractivity contribution >= 4 is 28.8 Å². The second-order valence-corrected chi connectivity index (χ2v) is 8.39. The van der Waals surface area contributed by atoms with Crippen LogP contribution in [0.2, 0.25) is 0 Å². The maximum Gasteiger partial charge on any atom is 0.259 e. The molecule has 1 aliphatic rings. The topological polar surface area (TPSA) is 88.1 Å². The van der Waals surface area contributed by atoms with Crippen LogP contribution >= 0.6 is 11.3 Å². The van der Waals surface area contributed by atoms with Gasteiger partial charge in [-0.1, -0.05) is 18.2 Å². The number of nitrogens with zero attached hydrogens (tertiary/aromatic N) is 4. The molecule has 1 N–H and O–H groups in total. The van der Waals surface area contributed by atoms with E-state index in [-0.39, 0.29) is 24.3 Å². The van der Waals surface area contributed by atoms with Crippen molar-refractivity contribution in [2.45, 2.75) is 39.2 Å². The van der Waals surface area contributed by atoms with Gasteiger partial charge in [0.25, 0.3) is 5.91 Å². The van der Waals surface area contributed by atoms with E-state index in [1.165, 1.54) is 0 Å². The second-order valence-electron chi connectivity index (χ2n) is 7.33. The zero-order valence-electron chi connectivity index (χ0n) is 17.0. The van der Waals surface area contributed by atoms with Crippen molar-refractivity contribution in [2.75, 3.05) is 11.9 Å². The van der Waals surface area contributed by atoms with Gasteiger partial charge in [0.1, 0.15) is 0 Å². The number of anilines is 1. The third-order valence-electron chi connectivity index (χ3n) is 5.14. The summed E-state index contributed by atoms with van der Waals surface area (Å²) < 4.78 is 0. The van der Waals surface area contributed by atoms with E-state index in [0.29, 0.717) is 23.6 Å². The number of aryl methyl sites for hydroxylation is 2. The number of likely N-dealkylation sites (tertiary alicyclic amines) is 1. The van der Waals surface area contributed by atoms with Crippen LogP contribution in [0.25, 0.3) is 0 Å². The molecular weight excluding hydrogens is 398 g/mol. The number of para-hydroxylation sites is 1. The van der Waals surface area contributed by atoms with E-state index in [1.807, 2.05) is 47.5 Å². The van der Waals surface area contributed by atoms with Gasteiger partial charge in [0.05, 0.1) is 34.4 Å². The molecule has 0 bridgehead atoms. The molecule has 1 aromatic carbocycles. The Labute approximate surface area is 179 Å². The Hall–Kier alpha value is -3.13. The Bertz CT molecular complexity index is 1070. The summed E-state index contributed by atoms with van der Waals surface area (Å²) in [5, 5.41) is 5.74. The largest absolute Gasteiger partial charge is 0.332 e. The van der Waals surface area contributed by atoms with E-state index in [9.17, 15) is 9.59 Å². The van der Waals surface area contributed by atoms with E-state index in [1.54, 1.807) is 24.5 Å². The molecule has 1 saturated heterocycles. The monoisotopic (exact) mass is 421 g/mol. The zero-order valence-corrected chi connectivity index (χ0v) is 17.8. The fourth-order valence-electron chi connectivity index (χ4n) is 3.67. The van der Waals surface area contributed by atoms with E-state index < -0.39 is 0 Å². The molecule has 0 spiro atoms. The fraction of sp³-hybridized carbons (Fsp3) is 0.318. The number of carbonyl (C=O) groups excluding carboxylic acids is 2. The molecule has 7 nitrogen and oxygen atoms in total. The molecule has 8 heteroatoms. The Morgan fingerprint density at radius 3 is 2.70 bits per heavy atom. The van der Waals surface area contributed by atoms with Gasteiger partial charge < -0.3 is 10.2 Å². The summed E-state index contributed by atoms with van der Waals surface area (Å²) >= 11 is 1.55. The number of thiazole rings is 1. The molecule has 1 unspecified atom stereocenters. The molecule has 3 aromatic rings. The van der Waals surface area contributed by atoms with Gasteiger partial charge in [-0.3, -0.25) is 9.59 Å². The minimum absolute atomic E-state index is 0.0370. The van der Waals surface area contributed by atoms with Crippen LogP contribution in [0.3, 0.4) is 0 Å². The van der Waals surface area contributed by atoms with Crippen LogP contribution in [-0.4, -0.2) is 38.2 Å². The first-order valence-corrected chi connectivity index (χ1v) is 10.8. The molecule has 0 aliphatic carbocycles. The van der Waals surface area contributed by atoms with Gasteiger partial charge in [-0.2, -0.15) is 0 Å². The molecule has 30 heavy (non-hydrogen) atoms. The molecule has 0 saturated carbocycles. The van der Waals surface area contributed by atoms with Crippen LogP contribution in [0.1, 0.15) is 51.5 Å². The molecule has 1 aliphatic heterocycles. The number of nitrogens with one attached hydrogen (secondary N) is 1. The van der Waals surface area contributed by atoms with Crippen molar-refractivity contribution < 1.29 is 9.59 Å².